The molecule has 0 bridgehead atoms. The van der Waals surface area contributed by atoms with Gasteiger partial charge < -0.3 is 14.6 Å². The van der Waals surface area contributed by atoms with Gasteiger partial charge in [0.2, 0.25) is 5.91 Å². The molecule has 2 aliphatic heterocycles. The van der Waals surface area contributed by atoms with Crippen molar-refractivity contribution < 1.29 is 9.53 Å². The highest BCUT2D eigenvalue weighted by Gasteiger charge is 2.28. The molecule has 0 saturated carbocycles. The van der Waals surface area contributed by atoms with E-state index in [1.807, 2.05) is 13.8 Å². The highest BCUT2D eigenvalue weighted by Crippen LogP contribution is 2.20. The van der Waals surface area contributed by atoms with Gasteiger partial charge in [-0.2, -0.15) is 4.98 Å². The number of hydrogen-bond acceptors (Lipinski definition) is 5. The normalized spacial score (nSPS) is 21.8. The second kappa shape index (κ2) is 8.77. The third kappa shape index (κ3) is 4.71. The zero-order valence-corrected chi connectivity index (χ0v) is 15.9. The van der Waals surface area contributed by atoms with Gasteiger partial charge in [-0.1, -0.05) is 0 Å². The lowest BCUT2D eigenvalue weighted by atomic mass is 9.99. The lowest BCUT2D eigenvalue weighted by molar-refractivity contribution is -0.135. The first-order chi connectivity index (χ1) is 12.5. The van der Waals surface area contributed by atoms with Crippen LogP contribution in [0.5, 0.6) is 0 Å². The molecule has 0 radical (unpaired) electrons. The van der Waals surface area contributed by atoms with Gasteiger partial charge in [0.05, 0.1) is 13.2 Å². The molecular weight excluding hydrogens is 332 g/mol. The molecule has 0 aliphatic carbocycles. The number of H-pyrrole nitrogens is 1. The minimum absolute atomic E-state index is 0.216. The van der Waals surface area contributed by atoms with Gasteiger partial charge in [-0.3, -0.25) is 9.69 Å². The molecule has 2 aliphatic rings. The minimum atomic E-state index is -0.323. The average Bonchev–Trinajstić information content (AvgIpc) is 2.62. The number of nitrogens with one attached hydrogen (secondary N) is 1. The molecule has 2 saturated heterocycles. The molecule has 2 fully saturated rings. The number of nitrogens with zero attached hydrogens (tertiary/aromatic N) is 3. The first kappa shape index (κ1) is 19.0. The summed E-state index contributed by atoms with van der Waals surface area (Å²) in [4.78, 5) is 35.5. The number of carbonyl (C=O) groups excluding carboxylic acids is 1. The molecule has 1 aromatic rings. The fraction of sp³-hybridized carbons (Fsp3) is 0.737. The van der Waals surface area contributed by atoms with E-state index in [-0.39, 0.29) is 11.6 Å². The lowest BCUT2D eigenvalue weighted by Crippen LogP contribution is -2.51. The summed E-state index contributed by atoms with van der Waals surface area (Å²) < 4.78 is 5.43. The van der Waals surface area contributed by atoms with Gasteiger partial charge in [0, 0.05) is 50.0 Å². The van der Waals surface area contributed by atoms with Gasteiger partial charge in [0.1, 0.15) is 0 Å². The fourth-order valence-electron chi connectivity index (χ4n) is 4.10. The molecule has 7 heteroatoms. The van der Waals surface area contributed by atoms with E-state index in [1.54, 1.807) is 0 Å². The van der Waals surface area contributed by atoms with Crippen molar-refractivity contribution in [1.29, 1.82) is 0 Å². The summed E-state index contributed by atoms with van der Waals surface area (Å²) in [6, 6.07) is 0.310. The van der Waals surface area contributed by atoms with Crippen LogP contribution in [0.3, 0.4) is 0 Å². The molecule has 1 aromatic heterocycles. The fourth-order valence-corrected chi connectivity index (χ4v) is 4.10. The summed E-state index contributed by atoms with van der Waals surface area (Å²) in [5.41, 5.74) is 2.21. The van der Waals surface area contributed by atoms with E-state index in [0.29, 0.717) is 18.9 Å². The molecule has 3 heterocycles. The second-order valence-electron chi connectivity index (χ2n) is 7.38. The van der Waals surface area contributed by atoms with Crippen LogP contribution in [-0.2, 0) is 16.0 Å². The van der Waals surface area contributed by atoms with Crippen molar-refractivity contribution in [3.8, 4) is 0 Å². The SMILES string of the molecule is Cc1nc(=O)[nH]c(C)c1CCC(=O)N1CCCC[C@H]1CN1CCOCC1. The molecule has 144 valence electrons. The van der Waals surface area contributed by atoms with Gasteiger partial charge in [0.15, 0.2) is 0 Å². The standard InChI is InChI=1S/C19H30N4O3/c1-14-17(15(2)21-19(25)20-14)6-7-18(24)23-8-4-3-5-16(23)13-22-9-11-26-12-10-22/h16H,3-13H2,1-2H3,(H,20,21,25)/t16-/m0/s1. The maximum atomic E-state index is 12.9. The Balaban J connectivity index is 1.60. The summed E-state index contributed by atoms with van der Waals surface area (Å²) in [6.07, 6.45) is 4.46. The lowest BCUT2D eigenvalue weighted by Gasteiger charge is -2.39. The molecule has 26 heavy (non-hydrogen) atoms. The van der Waals surface area contributed by atoms with Crippen LogP contribution in [0.2, 0.25) is 0 Å². The monoisotopic (exact) mass is 362 g/mol. The predicted molar refractivity (Wildman–Crippen MR) is 99.3 cm³/mol. The van der Waals surface area contributed by atoms with Crippen LogP contribution in [-0.4, -0.2) is 71.1 Å². The van der Waals surface area contributed by atoms with E-state index in [0.717, 1.165) is 69.2 Å². The number of carbonyl (C=O) groups is 1. The summed E-state index contributed by atoms with van der Waals surface area (Å²) in [5, 5.41) is 0. The number of likely N-dealkylation sites (tertiary alicyclic amines) is 1. The zero-order chi connectivity index (χ0) is 18.5. The Bertz CT molecular complexity index is 656. The van der Waals surface area contributed by atoms with Crippen LogP contribution in [0.15, 0.2) is 4.79 Å². The number of ether oxygens (including phenoxy) is 1. The van der Waals surface area contributed by atoms with Crippen molar-refractivity contribution in [3.05, 3.63) is 27.4 Å². The number of aromatic amines is 1. The molecule has 1 atom stereocenters. The molecule has 3 rings (SSSR count). The number of aryl methyl sites for hydroxylation is 2. The maximum Gasteiger partial charge on any atom is 0.345 e. The Labute approximate surface area is 154 Å². The average molecular weight is 362 g/mol. The number of amides is 1. The quantitative estimate of drug-likeness (QED) is 0.846. The summed E-state index contributed by atoms with van der Waals surface area (Å²) >= 11 is 0. The zero-order valence-electron chi connectivity index (χ0n) is 15.9. The smallest absolute Gasteiger partial charge is 0.345 e. The minimum Gasteiger partial charge on any atom is -0.379 e. The molecule has 0 spiro atoms. The topological polar surface area (TPSA) is 78.5 Å². The highest BCUT2D eigenvalue weighted by molar-refractivity contribution is 5.77. The Morgan fingerprint density at radius 1 is 1.23 bits per heavy atom. The summed E-state index contributed by atoms with van der Waals surface area (Å²) in [5.74, 6) is 0.216. The first-order valence-electron chi connectivity index (χ1n) is 9.70. The van der Waals surface area contributed by atoms with Gasteiger partial charge in [0.25, 0.3) is 0 Å². The number of rotatable bonds is 5. The summed E-state index contributed by atoms with van der Waals surface area (Å²) in [7, 11) is 0. The molecule has 0 unspecified atom stereocenters. The highest BCUT2D eigenvalue weighted by atomic mass is 16.5. The van der Waals surface area contributed by atoms with Gasteiger partial charge in [-0.25, -0.2) is 4.79 Å². The van der Waals surface area contributed by atoms with Crippen LogP contribution in [0, 0.1) is 13.8 Å². The van der Waals surface area contributed by atoms with Crippen LogP contribution in [0.1, 0.15) is 42.6 Å². The third-order valence-corrected chi connectivity index (χ3v) is 5.56. The van der Waals surface area contributed by atoms with Crippen molar-refractivity contribution in [1.82, 2.24) is 19.8 Å². The molecular formula is C19H30N4O3. The van der Waals surface area contributed by atoms with Crippen molar-refractivity contribution in [2.75, 3.05) is 39.4 Å². The third-order valence-electron chi connectivity index (χ3n) is 5.56. The molecule has 1 amide bonds. The molecule has 7 nitrogen and oxygen atoms in total. The van der Waals surface area contributed by atoms with Crippen molar-refractivity contribution in [2.45, 2.75) is 52.0 Å². The number of morpholine rings is 1. The van der Waals surface area contributed by atoms with Gasteiger partial charge >= 0.3 is 5.69 Å². The second-order valence-corrected chi connectivity index (χ2v) is 7.38. The Kier molecular flexibility index (Phi) is 6.43. The van der Waals surface area contributed by atoms with Gasteiger partial charge in [-0.15, -0.1) is 0 Å². The maximum absolute atomic E-state index is 12.9. The van der Waals surface area contributed by atoms with Crippen LogP contribution < -0.4 is 5.69 Å². The van der Waals surface area contributed by atoms with Crippen LogP contribution >= 0.6 is 0 Å². The number of piperidine rings is 1. The van der Waals surface area contributed by atoms with Crippen molar-refractivity contribution >= 4 is 5.91 Å². The predicted octanol–water partition coefficient (Wildman–Crippen LogP) is 1.03. The van der Waals surface area contributed by atoms with Crippen molar-refractivity contribution in [2.24, 2.45) is 0 Å². The summed E-state index contributed by atoms with van der Waals surface area (Å²) in [6.45, 7) is 9.02. The molecule has 1 N–H and O–H groups in total. The van der Waals surface area contributed by atoms with E-state index in [9.17, 15) is 9.59 Å². The van der Waals surface area contributed by atoms with Crippen LogP contribution in [0.25, 0.3) is 0 Å². The van der Waals surface area contributed by atoms with E-state index in [2.05, 4.69) is 19.8 Å². The van der Waals surface area contributed by atoms with Crippen molar-refractivity contribution in [3.63, 3.8) is 0 Å². The van der Waals surface area contributed by atoms with Gasteiger partial charge in [-0.05, 0) is 45.1 Å². The van der Waals surface area contributed by atoms with E-state index < -0.39 is 0 Å². The van der Waals surface area contributed by atoms with E-state index in [1.165, 1.54) is 6.42 Å². The van der Waals surface area contributed by atoms with Crippen LogP contribution in [0.4, 0.5) is 0 Å². The first-order valence-corrected chi connectivity index (χ1v) is 9.70. The Morgan fingerprint density at radius 2 is 2.00 bits per heavy atom. The molecule has 0 aromatic carbocycles. The Morgan fingerprint density at radius 3 is 2.73 bits per heavy atom. The van der Waals surface area contributed by atoms with E-state index >= 15 is 0 Å². The number of aromatic nitrogens is 2. The Hall–Kier alpha value is -1.73. The number of hydrogen-bond donors (Lipinski definition) is 1. The van der Waals surface area contributed by atoms with E-state index in [4.69, 9.17) is 4.74 Å². The largest absolute Gasteiger partial charge is 0.379 e.